The van der Waals surface area contributed by atoms with Gasteiger partial charge in [0.15, 0.2) is 0 Å². The second-order valence-electron chi connectivity index (χ2n) is 3.32. The van der Waals surface area contributed by atoms with Gasteiger partial charge < -0.3 is 11.1 Å². The summed E-state index contributed by atoms with van der Waals surface area (Å²) in [5.41, 5.74) is 6.62. The minimum atomic E-state index is -0.425. The fourth-order valence-electron chi connectivity index (χ4n) is 1.14. The van der Waals surface area contributed by atoms with E-state index in [1.807, 2.05) is 30.3 Å². The molecule has 0 fully saturated rings. The number of carbonyl (C=O) groups is 1. The van der Waals surface area contributed by atoms with Gasteiger partial charge in [-0.1, -0.05) is 30.3 Å². The van der Waals surface area contributed by atoms with E-state index in [0.29, 0.717) is 6.54 Å². The summed E-state index contributed by atoms with van der Waals surface area (Å²) < 4.78 is 0. The number of rotatable bonds is 4. The molecule has 0 heterocycles. The number of carbonyl (C=O) groups excluding carboxylic acids is 1. The first-order chi connectivity index (χ1) is 6.70. The zero-order valence-corrected chi connectivity index (χ0v) is 8.36. The largest absolute Gasteiger partial charge is 0.354 e. The van der Waals surface area contributed by atoms with Gasteiger partial charge in [-0.3, -0.25) is 4.79 Å². The Kier molecular flexibility index (Phi) is 4.13. The summed E-state index contributed by atoms with van der Waals surface area (Å²) in [5, 5.41) is 2.77. The van der Waals surface area contributed by atoms with Gasteiger partial charge in [-0.25, -0.2) is 0 Å². The second kappa shape index (κ2) is 5.40. The van der Waals surface area contributed by atoms with Crippen molar-refractivity contribution in [2.75, 3.05) is 6.54 Å². The van der Waals surface area contributed by atoms with Crippen molar-refractivity contribution in [3.05, 3.63) is 35.9 Å². The summed E-state index contributed by atoms with van der Waals surface area (Å²) in [4.78, 5) is 11.1. The highest BCUT2D eigenvalue weighted by molar-refractivity contribution is 5.80. The molecule has 0 aromatic heterocycles. The highest BCUT2D eigenvalue weighted by atomic mass is 16.2. The van der Waals surface area contributed by atoms with E-state index in [1.54, 1.807) is 6.92 Å². The minimum absolute atomic E-state index is 0.0964. The Balaban J connectivity index is 2.26. The van der Waals surface area contributed by atoms with Crippen LogP contribution < -0.4 is 11.1 Å². The minimum Gasteiger partial charge on any atom is -0.354 e. The molecule has 3 N–H and O–H groups in total. The fraction of sp³-hybridized carbons (Fsp3) is 0.364. The number of hydrogen-bond donors (Lipinski definition) is 2. The molecule has 1 aromatic carbocycles. The Morgan fingerprint density at radius 2 is 2.07 bits per heavy atom. The summed E-state index contributed by atoms with van der Waals surface area (Å²) in [6.45, 7) is 2.32. The first-order valence-electron chi connectivity index (χ1n) is 4.77. The third-order valence-corrected chi connectivity index (χ3v) is 1.97. The molecule has 0 aliphatic heterocycles. The molecule has 1 atom stereocenters. The maximum absolute atomic E-state index is 11.1. The summed E-state index contributed by atoms with van der Waals surface area (Å²) in [5.74, 6) is -0.0964. The van der Waals surface area contributed by atoms with Crippen LogP contribution in [0.5, 0.6) is 0 Å². The molecule has 0 spiro atoms. The smallest absolute Gasteiger partial charge is 0.236 e. The molecule has 0 aliphatic carbocycles. The van der Waals surface area contributed by atoms with E-state index in [1.165, 1.54) is 5.56 Å². The molecular formula is C11H16N2O. The summed E-state index contributed by atoms with van der Waals surface area (Å²) >= 11 is 0. The molecule has 0 unspecified atom stereocenters. The molecule has 0 saturated carbocycles. The second-order valence-corrected chi connectivity index (χ2v) is 3.32. The highest BCUT2D eigenvalue weighted by Crippen LogP contribution is 1.97. The number of hydrogen-bond acceptors (Lipinski definition) is 2. The number of amides is 1. The maximum Gasteiger partial charge on any atom is 0.236 e. The normalized spacial score (nSPS) is 12.1. The van der Waals surface area contributed by atoms with E-state index in [2.05, 4.69) is 5.32 Å². The standard InChI is InChI=1S/C11H16N2O/c1-9(12)11(14)13-8-7-10-5-3-2-4-6-10/h2-6,9H,7-8,12H2,1H3,(H,13,14)/t9-/m0/s1. The van der Waals surface area contributed by atoms with Crippen LogP contribution in [-0.4, -0.2) is 18.5 Å². The molecule has 1 rings (SSSR count). The predicted octanol–water partition coefficient (Wildman–Crippen LogP) is 0.692. The van der Waals surface area contributed by atoms with Crippen molar-refractivity contribution in [2.24, 2.45) is 5.73 Å². The van der Waals surface area contributed by atoms with Gasteiger partial charge in [0.1, 0.15) is 0 Å². The van der Waals surface area contributed by atoms with Crippen LogP contribution in [0.3, 0.4) is 0 Å². The molecule has 0 aliphatic rings. The van der Waals surface area contributed by atoms with Gasteiger partial charge in [-0.05, 0) is 18.9 Å². The number of nitrogens with two attached hydrogens (primary N) is 1. The van der Waals surface area contributed by atoms with Crippen molar-refractivity contribution in [2.45, 2.75) is 19.4 Å². The van der Waals surface area contributed by atoms with E-state index in [-0.39, 0.29) is 5.91 Å². The van der Waals surface area contributed by atoms with Crippen molar-refractivity contribution in [3.8, 4) is 0 Å². The van der Waals surface area contributed by atoms with Gasteiger partial charge in [0, 0.05) is 6.54 Å². The zero-order valence-electron chi connectivity index (χ0n) is 8.36. The zero-order chi connectivity index (χ0) is 10.4. The lowest BCUT2D eigenvalue weighted by atomic mass is 10.1. The maximum atomic E-state index is 11.1. The van der Waals surface area contributed by atoms with Gasteiger partial charge >= 0.3 is 0 Å². The van der Waals surface area contributed by atoms with Gasteiger partial charge in [-0.15, -0.1) is 0 Å². The van der Waals surface area contributed by atoms with Crippen molar-refractivity contribution in [1.29, 1.82) is 0 Å². The van der Waals surface area contributed by atoms with Crippen LogP contribution in [-0.2, 0) is 11.2 Å². The average molecular weight is 192 g/mol. The number of nitrogens with one attached hydrogen (secondary N) is 1. The van der Waals surface area contributed by atoms with Gasteiger partial charge in [0.25, 0.3) is 0 Å². The monoisotopic (exact) mass is 192 g/mol. The molecule has 14 heavy (non-hydrogen) atoms. The quantitative estimate of drug-likeness (QED) is 0.737. The third kappa shape index (κ3) is 3.58. The highest BCUT2D eigenvalue weighted by Gasteiger charge is 2.04. The Morgan fingerprint density at radius 1 is 1.43 bits per heavy atom. The van der Waals surface area contributed by atoms with Crippen LogP contribution in [0.2, 0.25) is 0 Å². The van der Waals surface area contributed by atoms with Crippen LogP contribution in [0.15, 0.2) is 30.3 Å². The first kappa shape index (κ1) is 10.7. The third-order valence-electron chi connectivity index (χ3n) is 1.97. The first-order valence-corrected chi connectivity index (χ1v) is 4.77. The Bertz CT molecular complexity index is 283. The molecule has 1 aromatic rings. The summed E-state index contributed by atoms with van der Waals surface area (Å²) in [7, 11) is 0. The van der Waals surface area contributed by atoms with Crippen LogP contribution in [0.4, 0.5) is 0 Å². The fourth-order valence-corrected chi connectivity index (χ4v) is 1.14. The molecule has 0 radical (unpaired) electrons. The van der Waals surface area contributed by atoms with Gasteiger partial charge in [-0.2, -0.15) is 0 Å². The summed E-state index contributed by atoms with van der Waals surface area (Å²) in [6, 6.07) is 9.61. The molecular weight excluding hydrogens is 176 g/mol. The van der Waals surface area contributed by atoms with Crippen LogP contribution in [0, 0.1) is 0 Å². The molecule has 0 bridgehead atoms. The average Bonchev–Trinajstić information content (AvgIpc) is 2.19. The lowest BCUT2D eigenvalue weighted by molar-refractivity contribution is -0.121. The molecule has 76 valence electrons. The Labute approximate surface area is 84.3 Å². The predicted molar refractivity (Wildman–Crippen MR) is 56.8 cm³/mol. The lowest BCUT2D eigenvalue weighted by Gasteiger charge is -2.07. The van der Waals surface area contributed by atoms with Crippen LogP contribution >= 0.6 is 0 Å². The Hall–Kier alpha value is -1.35. The molecule has 3 nitrogen and oxygen atoms in total. The van der Waals surface area contributed by atoms with Crippen molar-refractivity contribution >= 4 is 5.91 Å². The van der Waals surface area contributed by atoms with E-state index in [4.69, 9.17) is 5.73 Å². The van der Waals surface area contributed by atoms with E-state index in [9.17, 15) is 4.79 Å². The lowest BCUT2D eigenvalue weighted by Crippen LogP contribution is -2.39. The summed E-state index contributed by atoms with van der Waals surface area (Å²) in [6.07, 6.45) is 0.847. The van der Waals surface area contributed by atoms with Crippen molar-refractivity contribution in [3.63, 3.8) is 0 Å². The van der Waals surface area contributed by atoms with Crippen molar-refractivity contribution in [1.82, 2.24) is 5.32 Å². The van der Waals surface area contributed by atoms with E-state index < -0.39 is 6.04 Å². The van der Waals surface area contributed by atoms with Crippen LogP contribution in [0.1, 0.15) is 12.5 Å². The topological polar surface area (TPSA) is 55.1 Å². The van der Waals surface area contributed by atoms with Gasteiger partial charge in [0.05, 0.1) is 6.04 Å². The number of benzene rings is 1. The molecule has 1 amide bonds. The molecule has 0 saturated heterocycles. The van der Waals surface area contributed by atoms with Gasteiger partial charge in [0.2, 0.25) is 5.91 Å². The van der Waals surface area contributed by atoms with E-state index >= 15 is 0 Å². The van der Waals surface area contributed by atoms with Crippen LogP contribution in [0.25, 0.3) is 0 Å². The SMILES string of the molecule is C[C@H](N)C(=O)NCCc1ccccc1. The van der Waals surface area contributed by atoms with Crippen molar-refractivity contribution < 1.29 is 4.79 Å². The van der Waals surface area contributed by atoms with E-state index in [0.717, 1.165) is 6.42 Å². The molecule has 3 heteroatoms. The Morgan fingerprint density at radius 3 is 2.64 bits per heavy atom.